The van der Waals surface area contributed by atoms with E-state index in [-0.39, 0.29) is 23.4 Å². The van der Waals surface area contributed by atoms with Gasteiger partial charge >= 0.3 is 5.97 Å². The summed E-state index contributed by atoms with van der Waals surface area (Å²) in [5.41, 5.74) is 2.48. The molecule has 6 heteroatoms. The summed E-state index contributed by atoms with van der Waals surface area (Å²) >= 11 is 0. The molecular weight excluding hydrogens is 420 g/mol. The highest BCUT2D eigenvalue weighted by atomic mass is 16.5. The summed E-state index contributed by atoms with van der Waals surface area (Å²) in [5.74, 6) is 1.21. The fourth-order valence-electron chi connectivity index (χ4n) is 3.78. The van der Waals surface area contributed by atoms with E-state index in [9.17, 15) is 9.59 Å². The fourth-order valence-corrected chi connectivity index (χ4v) is 3.78. The lowest BCUT2D eigenvalue weighted by Crippen LogP contribution is -2.18. The van der Waals surface area contributed by atoms with Gasteiger partial charge in [0.1, 0.15) is 34.7 Å². The van der Waals surface area contributed by atoms with Crippen molar-refractivity contribution in [1.82, 2.24) is 0 Å². The van der Waals surface area contributed by atoms with Gasteiger partial charge in [0.25, 0.3) is 0 Å². The molecule has 0 aromatic heterocycles. The Bertz CT molecular complexity index is 1330. The Morgan fingerprint density at radius 2 is 1.79 bits per heavy atom. The van der Waals surface area contributed by atoms with Crippen LogP contribution in [0.3, 0.4) is 0 Å². The van der Waals surface area contributed by atoms with Gasteiger partial charge < -0.3 is 18.9 Å². The number of hydrogen-bond donors (Lipinski definition) is 0. The molecule has 0 bridgehead atoms. The minimum atomic E-state index is -0.565. The van der Waals surface area contributed by atoms with Gasteiger partial charge in [0.15, 0.2) is 5.76 Å². The number of rotatable bonds is 4. The smallest absolute Gasteiger partial charge is 0.347 e. The summed E-state index contributed by atoms with van der Waals surface area (Å²) in [6, 6.07) is 19.2. The normalized spacial score (nSPS) is 17.4. The van der Waals surface area contributed by atoms with Crippen LogP contribution in [-0.2, 0) is 0 Å². The maximum absolute atomic E-state index is 12.9. The Labute approximate surface area is 190 Å². The summed E-state index contributed by atoms with van der Waals surface area (Å²) in [6.45, 7) is 1.92. The van der Waals surface area contributed by atoms with Crippen LogP contribution in [0.2, 0.25) is 0 Å². The van der Waals surface area contributed by atoms with Crippen LogP contribution >= 0.6 is 0 Å². The molecule has 0 N–H and O–H groups in total. The molecule has 0 fully saturated rings. The van der Waals surface area contributed by atoms with Crippen LogP contribution in [0, 0.1) is 0 Å². The lowest BCUT2D eigenvalue weighted by molar-refractivity contribution is 0.0731. The average molecular weight is 440 g/mol. The second-order valence-electron chi connectivity index (χ2n) is 7.63. The van der Waals surface area contributed by atoms with Crippen molar-refractivity contribution >= 4 is 17.8 Å². The maximum Gasteiger partial charge on any atom is 0.347 e. The number of benzene rings is 3. The third-order valence-electron chi connectivity index (χ3n) is 5.49. The van der Waals surface area contributed by atoms with E-state index in [2.05, 4.69) is 0 Å². The Balaban J connectivity index is 1.38. The van der Waals surface area contributed by atoms with Crippen molar-refractivity contribution in [1.29, 1.82) is 0 Å². The first-order valence-electron chi connectivity index (χ1n) is 10.4. The number of carbonyl (C=O) groups is 2. The zero-order valence-corrected chi connectivity index (χ0v) is 18.0. The van der Waals surface area contributed by atoms with Crippen molar-refractivity contribution in [3.05, 3.63) is 101 Å². The molecule has 2 aliphatic rings. The van der Waals surface area contributed by atoms with E-state index < -0.39 is 5.97 Å². The number of fused-ring (bicyclic) bond motifs is 2. The van der Waals surface area contributed by atoms with E-state index in [0.29, 0.717) is 22.6 Å². The Morgan fingerprint density at radius 3 is 2.64 bits per heavy atom. The molecule has 0 amide bonds. The highest BCUT2D eigenvalue weighted by Gasteiger charge is 2.30. The third kappa shape index (κ3) is 3.87. The van der Waals surface area contributed by atoms with E-state index in [4.69, 9.17) is 18.9 Å². The van der Waals surface area contributed by atoms with Crippen LogP contribution in [0.4, 0.5) is 0 Å². The first-order chi connectivity index (χ1) is 16.0. The molecule has 1 unspecified atom stereocenters. The van der Waals surface area contributed by atoms with E-state index >= 15 is 0 Å². The van der Waals surface area contributed by atoms with E-state index in [0.717, 1.165) is 16.9 Å². The Hall–Kier alpha value is -4.32. The van der Waals surface area contributed by atoms with Gasteiger partial charge in [0.2, 0.25) is 5.78 Å². The molecule has 33 heavy (non-hydrogen) atoms. The van der Waals surface area contributed by atoms with Crippen molar-refractivity contribution in [2.24, 2.45) is 0 Å². The molecule has 0 saturated carbocycles. The van der Waals surface area contributed by atoms with Gasteiger partial charge in [-0.25, -0.2) is 4.79 Å². The summed E-state index contributed by atoms with van der Waals surface area (Å²) in [5, 5.41) is 0. The van der Waals surface area contributed by atoms with Gasteiger partial charge in [-0.15, -0.1) is 0 Å². The quantitative estimate of drug-likeness (QED) is 0.314. The van der Waals surface area contributed by atoms with Crippen LogP contribution in [0.25, 0.3) is 6.08 Å². The average Bonchev–Trinajstić information content (AvgIpc) is 3.13. The predicted molar refractivity (Wildman–Crippen MR) is 122 cm³/mol. The van der Waals surface area contributed by atoms with E-state index in [1.165, 1.54) is 13.2 Å². The molecule has 0 saturated heterocycles. The van der Waals surface area contributed by atoms with Gasteiger partial charge in [-0.05, 0) is 55.0 Å². The number of Topliss-reactive ketones (excluding diaryl/α,β-unsaturated/α-hetero) is 1. The van der Waals surface area contributed by atoms with Crippen molar-refractivity contribution in [2.75, 3.05) is 7.11 Å². The number of para-hydroxylation sites is 2. The van der Waals surface area contributed by atoms with Crippen LogP contribution in [0.5, 0.6) is 23.0 Å². The number of esters is 1. The number of allylic oxidation sites excluding steroid dienone is 1. The third-order valence-corrected chi connectivity index (χ3v) is 5.49. The fraction of sp³-hybridized carbons (Fsp3) is 0.111. The molecule has 0 radical (unpaired) electrons. The first kappa shape index (κ1) is 20.6. The van der Waals surface area contributed by atoms with Crippen LogP contribution < -0.4 is 18.9 Å². The molecule has 3 aromatic rings. The van der Waals surface area contributed by atoms with Crippen LogP contribution in [0.15, 0.2) is 84.1 Å². The SMILES string of the molecule is COc1ccccc1C(=O)Oc1ccc2c(c1)O/C(=C\C1=Cc3ccccc3OC1C)C2=O. The lowest BCUT2D eigenvalue weighted by Gasteiger charge is -2.22. The summed E-state index contributed by atoms with van der Waals surface area (Å²) in [4.78, 5) is 25.5. The molecule has 0 spiro atoms. The highest BCUT2D eigenvalue weighted by Crippen LogP contribution is 2.37. The second kappa shape index (κ2) is 8.31. The number of ketones is 1. The molecule has 6 nitrogen and oxygen atoms in total. The Kier molecular flexibility index (Phi) is 5.18. The van der Waals surface area contributed by atoms with Crippen molar-refractivity contribution < 1.29 is 28.5 Å². The van der Waals surface area contributed by atoms with Crippen molar-refractivity contribution in [3.63, 3.8) is 0 Å². The summed E-state index contributed by atoms with van der Waals surface area (Å²) < 4.78 is 22.5. The minimum absolute atomic E-state index is 0.194. The standard InChI is InChI=1S/C27H20O6/c1-16-18(13-17-7-3-5-9-22(17)31-16)14-25-26(28)20-12-11-19(15-24(20)33-25)32-27(29)21-8-4-6-10-23(21)30-2/h3-16H,1-2H3/b25-14-. The maximum atomic E-state index is 12.9. The van der Waals surface area contributed by atoms with Crippen LogP contribution in [0.1, 0.15) is 33.2 Å². The van der Waals surface area contributed by atoms with Gasteiger partial charge in [-0.1, -0.05) is 30.3 Å². The molecule has 0 aliphatic carbocycles. The largest absolute Gasteiger partial charge is 0.496 e. The highest BCUT2D eigenvalue weighted by molar-refractivity contribution is 6.12. The first-order valence-corrected chi connectivity index (χ1v) is 10.4. The number of carbonyl (C=O) groups excluding carboxylic acids is 2. The summed E-state index contributed by atoms with van der Waals surface area (Å²) in [6.07, 6.45) is 3.45. The van der Waals surface area contributed by atoms with Gasteiger partial charge in [0.05, 0.1) is 12.7 Å². The monoisotopic (exact) mass is 440 g/mol. The minimum Gasteiger partial charge on any atom is -0.496 e. The summed E-state index contributed by atoms with van der Waals surface area (Å²) in [7, 11) is 1.49. The van der Waals surface area contributed by atoms with Gasteiger partial charge in [-0.3, -0.25) is 4.79 Å². The predicted octanol–water partition coefficient (Wildman–Crippen LogP) is 5.24. The molecule has 2 heterocycles. The van der Waals surface area contributed by atoms with Crippen LogP contribution in [-0.4, -0.2) is 25.0 Å². The number of ether oxygens (including phenoxy) is 4. The molecule has 5 rings (SSSR count). The van der Waals surface area contributed by atoms with Gasteiger partial charge in [0, 0.05) is 11.6 Å². The lowest BCUT2D eigenvalue weighted by atomic mass is 10.0. The van der Waals surface area contributed by atoms with E-state index in [1.54, 1.807) is 42.5 Å². The topological polar surface area (TPSA) is 71.1 Å². The van der Waals surface area contributed by atoms with Crippen molar-refractivity contribution in [3.8, 4) is 23.0 Å². The number of methoxy groups -OCH3 is 1. The Morgan fingerprint density at radius 1 is 1.00 bits per heavy atom. The molecule has 3 aromatic carbocycles. The van der Waals surface area contributed by atoms with E-state index in [1.807, 2.05) is 37.3 Å². The van der Waals surface area contributed by atoms with Gasteiger partial charge in [-0.2, -0.15) is 0 Å². The zero-order valence-electron chi connectivity index (χ0n) is 18.0. The second-order valence-corrected chi connectivity index (χ2v) is 7.63. The number of hydrogen-bond acceptors (Lipinski definition) is 6. The molecule has 2 aliphatic heterocycles. The molecule has 164 valence electrons. The molecular formula is C27H20O6. The van der Waals surface area contributed by atoms with Crippen molar-refractivity contribution in [2.45, 2.75) is 13.0 Å². The zero-order chi connectivity index (χ0) is 22.9. The molecule has 1 atom stereocenters.